The molecule has 2 heterocycles. The van der Waals surface area contributed by atoms with E-state index in [9.17, 15) is 4.79 Å². The van der Waals surface area contributed by atoms with Gasteiger partial charge in [0, 0.05) is 12.6 Å². The summed E-state index contributed by atoms with van der Waals surface area (Å²) in [5, 5.41) is 0. The van der Waals surface area contributed by atoms with Crippen LogP contribution in [0.2, 0.25) is 0 Å². The van der Waals surface area contributed by atoms with Crippen LogP contribution in [0.25, 0.3) is 0 Å². The van der Waals surface area contributed by atoms with Crippen LogP contribution in [0.3, 0.4) is 0 Å². The fourth-order valence-electron chi connectivity index (χ4n) is 2.31. The van der Waals surface area contributed by atoms with Gasteiger partial charge in [-0.2, -0.15) is 0 Å². The van der Waals surface area contributed by atoms with E-state index in [1.807, 2.05) is 0 Å². The standard InChI is InChI=1S/C13H20N2O2/c1-14(2)11-5-3-7-15(9-11)10-12(16)13-6-4-8-17-13/h4,6,8,11H,3,5,7,9-10H2,1-2H3. The number of nitrogens with zero attached hydrogens (tertiary/aromatic N) is 2. The largest absolute Gasteiger partial charge is 0.461 e. The van der Waals surface area contributed by atoms with E-state index in [-0.39, 0.29) is 5.78 Å². The van der Waals surface area contributed by atoms with Crippen molar-refractivity contribution in [2.75, 3.05) is 33.7 Å². The van der Waals surface area contributed by atoms with Crippen LogP contribution in [0.15, 0.2) is 22.8 Å². The van der Waals surface area contributed by atoms with Crippen LogP contribution in [-0.2, 0) is 0 Å². The van der Waals surface area contributed by atoms with Gasteiger partial charge in [0.2, 0.25) is 5.78 Å². The van der Waals surface area contributed by atoms with E-state index in [1.54, 1.807) is 18.4 Å². The van der Waals surface area contributed by atoms with Gasteiger partial charge in [-0.15, -0.1) is 0 Å². The minimum Gasteiger partial charge on any atom is -0.461 e. The fourth-order valence-corrected chi connectivity index (χ4v) is 2.31. The molecular weight excluding hydrogens is 216 g/mol. The number of likely N-dealkylation sites (tertiary alicyclic amines) is 1. The first-order valence-corrected chi connectivity index (χ1v) is 6.12. The Morgan fingerprint density at radius 1 is 1.59 bits per heavy atom. The highest BCUT2D eigenvalue weighted by Crippen LogP contribution is 2.14. The summed E-state index contributed by atoms with van der Waals surface area (Å²) in [7, 11) is 4.20. The van der Waals surface area contributed by atoms with Gasteiger partial charge in [-0.25, -0.2) is 0 Å². The van der Waals surface area contributed by atoms with Gasteiger partial charge in [0.05, 0.1) is 12.8 Å². The first kappa shape index (κ1) is 12.3. The zero-order valence-corrected chi connectivity index (χ0v) is 10.6. The number of hydrogen-bond acceptors (Lipinski definition) is 4. The lowest BCUT2D eigenvalue weighted by atomic mass is 10.0. The molecule has 0 N–H and O–H groups in total. The van der Waals surface area contributed by atoms with E-state index in [2.05, 4.69) is 23.9 Å². The van der Waals surface area contributed by atoms with E-state index in [1.165, 1.54) is 6.42 Å². The molecule has 2 rings (SSSR count). The second-order valence-corrected chi connectivity index (χ2v) is 4.90. The van der Waals surface area contributed by atoms with Crippen LogP contribution in [0.5, 0.6) is 0 Å². The summed E-state index contributed by atoms with van der Waals surface area (Å²) in [4.78, 5) is 16.4. The van der Waals surface area contributed by atoms with Crippen molar-refractivity contribution in [2.24, 2.45) is 0 Å². The third kappa shape index (κ3) is 3.17. The summed E-state index contributed by atoms with van der Waals surface area (Å²) < 4.78 is 5.12. The van der Waals surface area contributed by atoms with Gasteiger partial charge in [0.1, 0.15) is 0 Å². The van der Waals surface area contributed by atoms with Crippen molar-refractivity contribution in [3.8, 4) is 0 Å². The van der Waals surface area contributed by atoms with Gasteiger partial charge in [-0.1, -0.05) is 0 Å². The number of Topliss-reactive ketones (excluding diaryl/α,β-unsaturated/α-hetero) is 1. The molecule has 1 aliphatic rings. The molecule has 1 saturated heterocycles. The molecule has 1 aromatic rings. The summed E-state index contributed by atoms with van der Waals surface area (Å²) in [5.74, 6) is 0.548. The molecule has 1 atom stereocenters. The van der Waals surface area contributed by atoms with Crippen LogP contribution < -0.4 is 0 Å². The van der Waals surface area contributed by atoms with E-state index < -0.39 is 0 Å². The molecule has 1 aromatic heterocycles. The molecule has 17 heavy (non-hydrogen) atoms. The molecule has 0 spiro atoms. The number of rotatable bonds is 4. The molecule has 1 aliphatic heterocycles. The second kappa shape index (κ2) is 5.47. The van der Waals surface area contributed by atoms with E-state index in [0.717, 1.165) is 19.5 Å². The molecule has 0 bridgehead atoms. The van der Waals surface area contributed by atoms with Gasteiger partial charge in [-0.05, 0) is 45.6 Å². The van der Waals surface area contributed by atoms with E-state index >= 15 is 0 Å². The molecular formula is C13H20N2O2. The summed E-state index contributed by atoms with van der Waals surface area (Å²) >= 11 is 0. The maximum Gasteiger partial charge on any atom is 0.211 e. The van der Waals surface area contributed by atoms with Crippen LogP contribution in [-0.4, -0.2) is 55.4 Å². The maximum atomic E-state index is 11.9. The number of ketones is 1. The Bertz CT molecular complexity index is 360. The van der Waals surface area contributed by atoms with Crippen LogP contribution in [0.4, 0.5) is 0 Å². The Hall–Kier alpha value is -1.13. The predicted molar refractivity (Wildman–Crippen MR) is 66.2 cm³/mol. The molecule has 4 heteroatoms. The summed E-state index contributed by atoms with van der Waals surface area (Å²) in [6.07, 6.45) is 3.93. The Kier molecular flexibility index (Phi) is 3.97. The van der Waals surface area contributed by atoms with Crippen LogP contribution >= 0.6 is 0 Å². The van der Waals surface area contributed by atoms with Gasteiger partial charge < -0.3 is 9.32 Å². The average Bonchev–Trinajstić information content (AvgIpc) is 2.82. The fraction of sp³-hybridized carbons (Fsp3) is 0.615. The van der Waals surface area contributed by atoms with Crippen molar-refractivity contribution in [2.45, 2.75) is 18.9 Å². The summed E-state index contributed by atoms with van der Waals surface area (Å²) in [6.45, 7) is 2.45. The number of furan rings is 1. The van der Waals surface area contributed by atoms with Crippen molar-refractivity contribution in [1.82, 2.24) is 9.80 Å². The monoisotopic (exact) mass is 236 g/mol. The number of likely N-dealkylation sites (N-methyl/N-ethyl adjacent to an activating group) is 1. The third-order valence-corrected chi connectivity index (χ3v) is 3.37. The molecule has 0 aliphatic carbocycles. The van der Waals surface area contributed by atoms with Gasteiger partial charge in [-0.3, -0.25) is 9.69 Å². The third-order valence-electron chi connectivity index (χ3n) is 3.37. The number of carbonyl (C=O) groups is 1. The van der Waals surface area contributed by atoms with Crippen molar-refractivity contribution in [3.05, 3.63) is 24.2 Å². The molecule has 0 aromatic carbocycles. The highest BCUT2D eigenvalue weighted by Gasteiger charge is 2.23. The second-order valence-electron chi connectivity index (χ2n) is 4.90. The smallest absolute Gasteiger partial charge is 0.211 e. The molecule has 0 radical (unpaired) electrons. The Balaban J connectivity index is 1.89. The van der Waals surface area contributed by atoms with Gasteiger partial charge >= 0.3 is 0 Å². The highest BCUT2D eigenvalue weighted by atomic mass is 16.3. The molecule has 94 valence electrons. The zero-order valence-electron chi connectivity index (χ0n) is 10.6. The first-order chi connectivity index (χ1) is 8.16. The van der Waals surface area contributed by atoms with Gasteiger partial charge in [0.15, 0.2) is 5.76 Å². The highest BCUT2D eigenvalue weighted by molar-refractivity contribution is 5.94. The first-order valence-electron chi connectivity index (χ1n) is 6.12. The lowest BCUT2D eigenvalue weighted by molar-refractivity contribution is 0.0827. The van der Waals surface area contributed by atoms with E-state index in [4.69, 9.17) is 4.42 Å². The molecule has 0 amide bonds. The molecule has 4 nitrogen and oxygen atoms in total. The number of hydrogen-bond donors (Lipinski definition) is 0. The Morgan fingerprint density at radius 3 is 3.06 bits per heavy atom. The Labute approximate surface area is 102 Å². The topological polar surface area (TPSA) is 36.7 Å². The molecule has 1 fully saturated rings. The van der Waals surface area contributed by atoms with Crippen molar-refractivity contribution >= 4 is 5.78 Å². The maximum absolute atomic E-state index is 11.9. The van der Waals surface area contributed by atoms with Crippen molar-refractivity contribution in [3.63, 3.8) is 0 Å². The molecule has 0 saturated carbocycles. The van der Waals surface area contributed by atoms with Crippen molar-refractivity contribution < 1.29 is 9.21 Å². The number of piperidine rings is 1. The van der Waals surface area contributed by atoms with Crippen molar-refractivity contribution in [1.29, 1.82) is 0 Å². The minimum absolute atomic E-state index is 0.0782. The van der Waals surface area contributed by atoms with Crippen LogP contribution in [0, 0.1) is 0 Å². The number of carbonyl (C=O) groups excluding carboxylic acids is 1. The van der Waals surface area contributed by atoms with E-state index in [0.29, 0.717) is 18.3 Å². The normalized spacial score (nSPS) is 21.9. The minimum atomic E-state index is 0.0782. The Morgan fingerprint density at radius 2 is 2.41 bits per heavy atom. The molecule has 1 unspecified atom stereocenters. The van der Waals surface area contributed by atoms with Gasteiger partial charge in [0.25, 0.3) is 0 Å². The van der Waals surface area contributed by atoms with Crippen LogP contribution in [0.1, 0.15) is 23.4 Å². The predicted octanol–water partition coefficient (Wildman–Crippen LogP) is 1.49. The summed E-state index contributed by atoms with van der Waals surface area (Å²) in [6, 6.07) is 4.05. The zero-order chi connectivity index (χ0) is 12.3. The SMILES string of the molecule is CN(C)C1CCCN(CC(=O)c2ccco2)C1. The summed E-state index contributed by atoms with van der Waals surface area (Å²) in [5.41, 5.74) is 0. The quantitative estimate of drug-likeness (QED) is 0.742. The average molecular weight is 236 g/mol. The lowest BCUT2D eigenvalue weighted by Gasteiger charge is -2.35. The lowest BCUT2D eigenvalue weighted by Crippen LogP contribution is -2.46.